The van der Waals surface area contributed by atoms with E-state index < -0.39 is 30.1 Å². The number of carbonyl (C=O) groups is 3. The van der Waals surface area contributed by atoms with E-state index in [0.29, 0.717) is 68.9 Å². The molecule has 0 radical (unpaired) electrons. The van der Waals surface area contributed by atoms with Gasteiger partial charge in [-0.3, -0.25) is 9.59 Å². The highest BCUT2D eigenvalue weighted by Gasteiger charge is 2.30. The molecule has 12 nitrogen and oxygen atoms in total. The first-order chi connectivity index (χ1) is 23.5. The number of hydrogen-bond acceptors (Lipinski definition) is 10. The maximum absolute atomic E-state index is 15.0. The van der Waals surface area contributed by atoms with Crippen LogP contribution in [0.25, 0.3) is 6.08 Å². The Kier molecular flexibility index (Phi) is 12.1. The number of benzene rings is 1. The van der Waals surface area contributed by atoms with Crippen LogP contribution in [0.4, 0.5) is 14.9 Å². The second-order valence-electron chi connectivity index (χ2n) is 13.5. The van der Waals surface area contributed by atoms with Crippen LogP contribution in [-0.2, 0) is 14.3 Å². The molecule has 0 aliphatic carbocycles. The molecular weight excluding hydrogens is 633 g/mol. The van der Waals surface area contributed by atoms with E-state index in [4.69, 9.17) is 13.9 Å². The average Bonchev–Trinajstić information content (AvgIpc) is 3.62. The van der Waals surface area contributed by atoms with Crippen molar-refractivity contribution < 1.29 is 37.8 Å². The number of ether oxygens (including phenoxy) is 2. The van der Waals surface area contributed by atoms with Crippen LogP contribution < -0.4 is 4.90 Å². The van der Waals surface area contributed by atoms with Crippen molar-refractivity contribution in [3.05, 3.63) is 65.7 Å². The molecule has 0 spiro atoms. The minimum atomic E-state index is -0.898. The molecule has 3 aliphatic heterocycles. The fourth-order valence-electron chi connectivity index (χ4n) is 6.48. The minimum absolute atomic E-state index is 0.0899. The van der Waals surface area contributed by atoms with Gasteiger partial charge in [0.25, 0.3) is 5.91 Å². The van der Waals surface area contributed by atoms with Gasteiger partial charge in [-0.1, -0.05) is 26.0 Å². The molecule has 49 heavy (non-hydrogen) atoms. The minimum Gasteiger partial charge on any atom is -0.457 e. The second kappa shape index (κ2) is 16.4. The number of anilines is 1. The Morgan fingerprint density at radius 2 is 1.71 bits per heavy atom. The number of hydrogen-bond donors (Lipinski definition) is 1. The number of piperazine rings is 2. The molecule has 2 fully saturated rings. The summed E-state index contributed by atoms with van der Waals surface area (Å²) in [5, 5.41) is 10.7. The normalized spacial score (nSPS) is 27.1. The number of aliphatic hydroxyl groups is 1. The van der Waals surface area contributed by atoms with E-state index in [1.54, 1.807) is 15.9 Å². The lowest BCUT2D eigenvalue weighted by atomic mass is 9.91. The predicted octanol–water partition coefficient (Wildman–Crippen LogP) is 4.22. The maximum atomic E-state index is 15.0. The molecule has 3 aliphatic rings. The second-order valence-corrected chi connectivity index (χ2v) is 13.5. The zero-order valence-electron chi connectivity index (χ0n) is 28.8. The molecule has 5 rings (SSSR count). The van der Waals surface area contributed by atoms with E-state index >= 15 is 0 Å². The van der Waals surface area contributed by atoms with Crippen molar-refractivity contribution in [2.24, 2.45) is 11.8 Å². The van der Waals surface area contributed by atoms with Gasteiger partial charge >= 0.3 is 12.1 Å². The third-order valence-corrected chi connectivity index (χ3v) is 9.58. The Bertz CT molecular complexity index is 1500. The summed E-state index contributed by atoms with van der Waals surface area (Å²) in [6.45, 7) is 10.4. The molecule has 2 saturated heterocycles. The first-order valence-electron chi connectivity index (χ1n) is 17.1. The van der Waals surface area contributed by atoms with Crippen molar-refractivity contribution in [1.82, 2.24) is 19.7 Å². The van der Waals surface area contributed by atoms with Gasteiger partial charge in [0.05, 0.1) is 18.7 Å². The van der Waals surface area contributed by atoms with E-state index in [2.05, 4.69) is 9.88 Å². The molecule has 0 bridgehead atoms. The van der Waals surface area contributed by atoms with Crippen molar-refractivity contribution in [1.29, 1.82) is 0 Å². The number of aliphatic hydroxyl groups excluding tert-OH is 1. The number of rotatable bonds is 5. The van der Waals surface area contributed by atoms with Crippen molar-refractivity contribution in [2.75, 3.05) is 64.3 Å². The zero-order valence-corrected chi connectivity index (χ0v) is 28.8. The van der Waals surface area contributed by atoms with Crippen LogP contribution in [-0.4, -0.2) is 120 Å². The van der Waals surface area contributed by atoms with Gasteiger partial charge in [-0.25, -0.2) is 14.2 Å². The van der Waals surface area contributed by atoms with E-state index in [1.807, 2.05) is 50.9 Å². The highest BCUT2D eigenvalue weighted by Crippen LogP contribution is 2.28. The smallest absolute Gasteiger partial charge is 0.410 e. The molecule has 1 aromatic heterocycles. The molecule has 13 heteroatoms. The summed E-state index contributed by atoms with van der Waals surface area (Å²) in [6.07, 6.45) is 6.44. The van der Waals surface area contributed by atoms with Gasteiger partial charge in [0.15, 0.2) is 6.39 Å². The number of nitrogens with zero attached hydrogens (tertiary/aromatic N) is 5. The van der Waals surface area contributed by atoms with Gasteiger partial charge in [-0.05, 0) is 68.1 Å². The van der Waals surface area contributed by atoms with Crippen molar-refractivity contribution in [3.8, 4) is 0 Å². The summed E-state index contributed by atoms with van der Waals surface area (Å²) in [4.78, 5) is 50.1. The Balaban J connectivity index is 1.31. The van der Waals surface area contributed by atoms with Gasteiger partial charge in [0, 0.05) is 64.0 Å². The molecule has 0 unspecified atom stereocenters. The van der Waals surface area contributed by atoms with Crippen LogP contribution in [0.3, 0.4) is 0 Å². The molecule has 2 aromatic rings. The number of likely N-dealkylation sites (N-methyl/N-ethyl adjacent to an activating group) is 1. The van der Waals surface area contributed by atoms with E-state index in [-0.39, 0.29) is 36.0 Å². The predicted molar refractivity (Wildman–Crippen MR) is 181 cm³/mol. The lowest BCUT2D eigenvalue weighted by Crippen LogP contribution is -2.48. The van der Waals surface area contributed by atoms with Crippen molar-refractivity contribution in [2.45, 2.75) is 58.3 Å². The van der Waals surface area contributed by atoms with Crippen LogP contribution in [0, 0.1) is 17.7 Å². The van der Waals surface area contributed by atoms with Gasteiger partial charge in [0.2, 0.25) is 5.76 Å². The Hall–Kier alpha value is -4.23. The molecule has 5 atom stereocenters. The Morgan fingerprint density at radius 1 is 1.00 bits per heavy atom. The number of oxazole rings is 1. The highest BCUT2D eigenvalue weighted by atomic mass is 19.1. The summed E-state index contributed by atoms with van der Waals surface area (Å²) in [6, 6.07) is 4.76. The topological polar surface area (TPSA) is 129 Å². The lowest BCUT2D eigenvalue weighted by Gasteiger charge is -2.35. The lowest BCUT2D eigenvalue weighted by molar-refractivity contribution is -0.151. The van der Waals surface area contributed by atoms with E-state index in [0.717, 1.165) is 13.1 Å². The summed E-state index contributed by atoms with van der Waals surface area (Å²) in [5.41, 5.74) is 1.96. The summed E-state index contributed by atoms with van der Waals surface area (Å²) in [7, 11) is 2.02. The summed E-state index contributed by atoms with van der Waals surface area (Å²) in [5.74, 6) is -1.39. The van der Waals surface area contributed by atoms with Crippen LogP contribution in [0.2, 0.25) is 0 Å². The van der Waals surface area contributed by atoms with Gasteiger partial charge in [-0.2, -0.15) is 0 Å². The van der Waals surface area contributed by atoms with Gasteiger partial charge in [0.1, 0.15) is 18.0 Å². The Labute approximate surface area is 287 Å². The van der Waals surface area contributed by atoms with Crippen LogP contribution in [0.1, 0.15) is 56.2 Å². The number of halogens is 1. The summed E-state index contributed by atoms with van der Waals surface area (Å²) < 4.78 is 32.1. The van der Waals surface area contributed by atoms with Crippen molar-refractivity contribution >= 4 is 29.7 Å². The number of esters is 1. The third kappa shape index (κ3) is 9.69. The first kappa shape index (κ1) is 36.1. The molecule has 2 amide bonds. The molecular formula is C36H48FN5O7. The van der Waals surface area contributed by atoms with Crippen LogP contribution in [0.15, 0.2) is 52.9 Å². The molecule has 1 N–H and O–H groups in total. The number of cyclic esters (lactones) is 1. The summed E-state index contributed by atoms with van der Waals surface area (Å²) >= 11 is 0. The third-order valence-electron chi connectivity index (χ3n) is 9.58. The molecule has 1 aromatic carbocycles. The molecule has 4 heterocycles. The molecule has 266 valence electrons. The van der Waals surface area contributed by atoms with Crippen molar-refractivity contribution in [3.63, 3.8) is 0 Å². The first-order valence-corrected chi connectivity index (χ1v) is 17.1. The molecule has 0 saturated carbocycles. The maximum Gasteiger partial charge on any atom is 0.410 e. The number of carbonyl (C=O) groups excluding carboxylic acids is 3. The van der Waals surface area contributed by atoms with Gasteiger partial charge < -0.3 is 38.6 Å². The highest BCUT2D eigenvalue weighted by molar-refractivity contribution is 5.91. The fourth-order valence-corrected chi connectivity index (χ4v) is 6.48. The number of amides is 2. The SMILES string of the molecule is C/C(=C\c1cc(F)cc(N2CCN(C(=O)c3cnco3)CC2)c1)[C@H]1OC(=O)C[C@H](O)CC[C@H](C)[C@H](OC(=O)N2CCN(C)CC2)/C=C/[C@@H]1C. The fraction of sp³-hybridized carbons (Fsp3) is 0.556. The van der Waals surface area contributed by atoms with Gasteiger partial charge in [-0.15, -0.1) is 0 Å². The monoisotopic (exact) mass is 681 g/mol. The number of aromatic nitrogens is 1. The average molecular weight is 682 g/mol. The largest absolute Gasteiger partial charge is 0.457 e. The van der Waals surface area contributed by atoms with Crippen LogP contribution >= 0.6 is 0 Å². The quantitative estimate of drug-likeness (QED) is 0.362. The van der Waals surface area contributed by atoms with E-state index in [9.17, 15) is 23.9 Å². The standard InChI is InChI=1S/C36H48FN5O7/c1-24-5-7-30(43)21-33(44)49-34(25(2)6-8-31(24)48-36(46)42-11-9-39(4)10-12-42)26(3)17-27-18-28(37)20-29(19-27)40-13-15-41(16-14-40)35(45)32-22-38-23-47-32/h6,8,17-20,22-25,30-31,34,43H,5,7,9-16,21H2,1-4H3/b8-6+,26-17+/t24-,25-,30+,31+,34-/m0/s1. The van der Waals surface area contributed by atoms with E-state index in [1.165, 1.54) is 24.7 Å². The Morgan fingerprint density at radius 3 is 2.41 bits per heavy atom. The van der Waals surface area contributed by atoms with Crippen LogP contribution in [0.5, 0.6) is 0 Å². The zero-order chi connectivity index (χ0) is 35.1.